The molecule has 4 N–H and O–H groups in total. The molecule has 2 aromatic rings. The minimum atomic E-state index is -1.88. The van der Waals surface area contributed by atoms with Crippen LogP contribution in [-0.4, -0.2) is 56.2 Å². The maximum absolute atomic E-state index is 12.3. The third-order valence-corrected chi connectivity index (χ3v) is 4.41. The van der Waals surface area contributed by atoms with Gasteiger partial charge in [-0.25, -0.2) is 28.8 Å². The molecular weight excluding hydrogens is 496 g/mol. The molecule has 0 unspecified atom stereocenters. The fourth-order valence-electron chi connectivity index (χ4n) is 2.70. The molecule has 0 radical (unpaired) electrons. The van der Waals surface area contributed by atoms with E-state index in [1.54, 1.807) is 0 Å². The van der Waals surface area contributed by atoms with Crippen LogP contribution in [0.15, 0.2) is 48.6 Å². The number of carboxylic acid groups (broad SMARTS) is 4. The second-order valence-electron chi connectivity index (χ2n) is 7.33. The smallest absolute Gasteiger partial charge is 0.340 e. The number of carbonyl (C=O) groups is 6. The minimum Gasteiger partial charge on any atom is -0.478 e. The summed E-state index contributed by atoms with van der Waals surface area (Å²) in [5.74, 6) is -12.2. The summed E-state index contributed by atoms with van der Waals surface area (Å²) in [6, 6.07) is 3.22. The number of hydrogen-bond acceptors (Lipinski definition) is 9. The molecule has 13 nitrogen and oxygen atoms in total. The lowest BCUT2D eigenvalue weighted by Crippen LogP contribution is -2.18. The van der Waals surface area contributed by atoms with E-state index in [0.29, 0.717) is 6.07 Å². The molecule has 0 fully saturated rings. The van der Waals surface area contributed by atoms with Crippen molar-refractivity contribution < 1.29 is 63.4 Å². The zero-order chi connectivity index (χ0) is 28.2. The molecule has 0 saturated heterocycles. The first kappa shape index (κ1) is 27.8. The minimum absolute atomic E-state index is 0.162. The molecule has 13 heteroatoms. The van der Waals surface area contributed by atoms with Crippen LogP contribution in [0.25, 0.3) is 0 Å². The molecule has 0 aromatic heterocycles. The van der Waals surface area contributed by atoms with Crippen molar-refractivity contribution in [3.63, 3.8) is 0 Å². The Morgan fingerprint density at radius 3 is 1.62 bits per heavy atom. The predicted octanol–water partition coefficient (Wildman–Crippen LogP) is 3.23. The number of carbonyl (C=O) groups excluding carboxylic acids is 2. The maximum atomic E-state index is 12.3. The summed E-state index contributed by atoms with van der Waals surface area (Å²) in [5.41, 5.74) is -3.78. The Balaban J connectivity index is 2.95. The molecule has 0 saturated carbocycles. The molecule has 0 amide bonds. The van der Waals surface area contributed by atoms with Gasteiger partial charge in [-0.15, -0.1) is 0 Å². The third kappa shape index (κ3) is 6.16. The molecule has 2 rings (SSSR count). The Bertz CT molecular complexity index is 1400. The summed E-state index contributed by atoms with van der Waals surface area (Å²) >= 11 is 0. The summed E-state index contributed by atoms with van der Waals surface area (Å²) in [7, 11) is 0. The van der Waals surface area contributed by atoms with E-state index in [1.165, 1.54) is 13.8 Å². The molecule has 0 aliphatic heterocycles. The van der Waals surface area contributed by atoms with Crippen molar-refractivity contribution in [3.8, 4) is 23.0 Å². The van der Waals surface area contributed by atoms with Gasteiger partial charge in [-0.05, 0) is 32.0 Å². The molecule has 0 bridgehead atoms. The number of benzene rings is 2. The van der Waals surface area contributed by atoms with Crippen LogP contribution >= 0.6 is 0 Å². The number of rotatable bonds is 10. The Morgan fingerprint density at radius 2 is 1.16 bits per heavy atom. The molecule has 0 heterocycles. The van der Waals surface area contributed by atoms with Crippen LogP contribution in [0.1, 0.15) is 55.3 Å². The van der Waals surface area contributed by atoms with E-state index in [0.717, 1.165) is 18.2 Å². The number of aromatic carboxylic acids is 4. The van der Waals surface area contributed by atoms with Crippen LogP contribution in [-0.2, 0) is 9.59 Å². The van der Waals surface area contributed by atoms with Gasteiger partial charge in [0.1, 0.15) is 11.3 Å². The summed E-state index contributed by atoms with van der Waals surface area (Å²) < 4.78 is 15.7. The van der Waals surface area contributed by atoms with E-state index in [-0.39, 0.29) is 11.1 Å². The SMILES string of the molecule is C=C(C)C(=O)Oc1cc(C(=O)O)c(C(=O)O)c(OC(=O)C(=C)C)c1Oc1ccc(C(=O)O)c(C(=O)O)c1. The van der Waals surface area contributed by atoms with Crippen LogP contribution in [0.4, 0.5) is 0 Å². The first-order chi connectivity index (χ1) is 17.1. The van der Waals surface area contributed by atoms with Gasteiger partial charge in [0, 0.05) is 17.2 Å². The summed E-state index contributed by atoms with van der Waals surface area (Å²) in [5, 5.41) is 37.9. The second kappa shape index (κ2) is 10.9. The van der Waals surface area contributed by atoms with Crippen molar-refractivity contribution in [2.75, 3.05) is 0 Å². The molecule has 0 spiro atoms. The highest BCUT2D eigenvalue weighted by Gasteiger charge is 2.32. The fraction of sp³-hybridized carbons (Fsp3) is 0.0833. The molecule has 0 atom stereocenters. The molecule has 0 aliphatic carbocycles. The van der Waals surface area contributed by atoms with Gasteiger partial charge in [-0.3, -0.25) is 0 Å². The van der Waals surface area contributed by atoms with E-state index in [1.807, 2.05) is 0 Å². The highest BCUT2D eigenvalue weighted by atomic mass is 16.6. The summed E-state index contributed by atoms with van der Waals surface area (Å²) in [6.07, 6.45) is 0. The number of esters is 2. The van der Waals surface area contributed by atoms with Gasteiger partial charge in [0.15, 0.2) is 11.5 Å². The van der Waals surface area contributed by atoms with Crippen LogP contribution in [0.3, 0.4) is 0 Å². The average molecular weight is 514 g/mol. The molecule has 192 valence electrons. The standard InChI is InChI=1S/C24H18O13/c1-9(2)23(33)36-15-8-14(21(29)30)16(22(31)32)18(37-24(34)10(3)4)17(15)35-11-5-6-12(19(25)26)13(7-11)20(27)28/h5-8H,1,3H2,2,4H3,(H,25,26)(H,27,28)(H,29,30)(H,31,32). The van der Waals surface area contributed by atoms with E-state index in [2.05, 4.69) is 13.2 Å². The van der Waals surface area contributed by atoms with Crippen molar-refractivity contribution in [2.24, 2.45) is 0 Å². The lowest BCUT2D eigenvalue weighted by atomic mass is 10.0. The molecule has 2 aromatic carbocycles. The number of carboxylic acids is 4. The van der Waals surface area contributed by atoms with Crippen molar-refractivity contribution in [2.45, 2.75) is 13.8 Å². The molecular formula is C24H18O13. The second-order valence-corrected chi connectivity index (χ2v) is 7.33. The van der Waals surface area contributed by atoms with Gasteiger partial charge in [0.2, 0.25) is 5.75 Å². The van der Waals surface area contributed by atoms with E-state index in [4.69, 9.17) is 14.2 Å². The zero-order valence-electron chi connectivity index (χ0n) is 19.2. The van der Waals surface area contributed by atoms with Crippen LogP contribution < -0.4 is 14.2 Å². The fourth-order valence-corrected chi connectivity index (χ4v) is 2.70. The van der Waals surface area contributed by atoms with Crippen molar-refractivity contribution >= 4 is 35.8 Å². The van der Waals surface area contributed by atoms with Crippen molar-refractivity contribution in [1.82, 2.24) is 0 Å². The van der Waals surface area contributed by atoms with E-state index >= 15 is 0 Å². The molecule has 0 aliphatic rings. The van der Waals surface area contributed by atoms with Gasteiger partial charge >= 0.3 is 35.8 Å². The van der Waals surface area contributed by atoms with Gasteiger partial charge < -0.3 is 34.6 Å². The topological polar surface area (TPSA) is 211 Å². The van der Waals surface area contributed by atoms with Gasteiger partial charge in [0.25, 0.3) is 0 Å². The monoisotopic (exact) mass is 514 g/mol. The quantitative estimate of drug-likeness (QED) is 0.204. The lowest BCUT2D eigenvalue weighted by Gasteiger charge is -2.19. The normalized spacial score (nSPS) is 10.1. The van der Waals surface area contributed by atoms with Crippen LogP contribution in [0.2, 0.25) is 0 Å². The lowest BCUT2D eigenvalue weighted by molar-refractivity contribution is -0.130. The Kier molecular flexibility index (Phi) is 8.15. The van der Waals surface area contributed by atoms with E-state index in [9.17, 15) is 49.2 Å². The summed E-state index contributed by atoms with van der Waals surface area (Å²) in [6.45, 7) is 9.18. The first-order valence-corrected chi connectivity index (χ1v) is 9.87. The van der Waals surface area contributed by atoms with Crippen LogP contribution in [0.5, 0.6) is 23.0 Å². The Morgan fingerprint density at radius 1 is 0.649 bits per heavy atom. The highest BCUT2D eigenvalue weighted by molar-refractivity contribution is 6.07. The maximum Gasteiger partial charge on any atom is 0.340 e. The average Bonchev–Trinajstić information content (AvgIpc) is 2.79. The van der Waals surface area contributed by atoms with Gasteiger partial charge in [-0.2, -0.15) is 0 Å². The van der Waals surface area contributed by atoms with Gasteiger partial charge in [0.05, 0.1) is 16.7 Å². The first-order valence-electron chi connectivity index (χ1n) is 9.87. The van der Waals surface area contributed by atoms with Crippen molar-refractivity contribution in [3.05, 3.63) is 70.8 Å². The van der Waals surface area contributed by atoms with Crippen LogP contribution in [0, 0.1) is 0 Å². The highest BCUT2D eigenvalue weighted by Crippen LogP contribution is 2.45. The Labute approximate surface area is 207 Å². The largest absolute Gasteiger partial charge is 0.478 e. The summed E-state index contributed by atoms with van der Waals surface area (Å²) in [4.78, 5) is 71.2. The zero-order valence-corrected chi connectivity index (χ0v) is 19.2. The number of ether oxygens (including phenoxy) is 3. The predicted molar refractivity (Wildman–Crippen MR) is 122 cm³/mol. The van der Waals surface area contributed by atoms with Crippen molar-refractivity contribution in [1.29, 1.82) is 0 Å². The number of hydrogen-bond donors (Lipinski definition) is 4. The molecule has 37 heavy (non-hydrogen) atoms. The Hall–Kier alpha value is -5.46. The third-order valence-electron chi connectivity index (χ3n) is 4.41. The van der Waals surface area contributed by atoms with Gasteiger partial charge in [-0.1, -0.05) is 13.2 Å². The van der Waals surface area contributed by atoms with E-state index < -0.39 is 81.1 Å².